The van der Waals surface area contributed by atoms with Crippen molar-refractivity contribution in [1.82, 2.24) is 24.4 Å². The van der Waals surface area contributed by atoms with Crippen molar-refractivity contribution in [2.24, 2.45) is 5.92 Å². The first-order valence-corrected chi connectivity index (χ1v) is 8.95. The number of carbonyl (C=O) groups excluding carboxylic acids is 1. The van der Waals surface area contributed by atoms with E-state index in [0.29, 0.717) is 18.8 Å². The molecule has 3 aromatic rings. The van der Waals surface area contributed by atoms with Crippen LogP contribution in [0.4, 0.5) is 0 Å². The van der Waals surface area contributed by atoms with E-state index in [-0.39, 0.29) is 5.91 Å². The van der Waals surface area contributed by atoms with Gasteiger partial charge in [0.15, 0.2) is 0 Å². The number of benzene rings is 1. The molecule has 1 atom stereocenters. The standard InChI is InChI=1S/C19H23N5O/c25-19(8-7-18-21-16-5-1-2-6-17(16)22-18)24-10-3-4-15(13-24)12-23-11-9-20-14-23/h1-2,5-6,9,11,14-15H,3-4,7-8,10,12-13H2,(H,21,22). The van der Waals surface area contributed by atoms with Gasteiger partial charge in [-0.2, -0.15) is 0 Å². The summed E-state index contributed by atoms with van der Waals surface area (Å²) in [5, 5.41) is 0. The van der Waals surface area contributed by atoms with Gasteiger partial charge in [-0.25, -0.2) is 9.97 Å². The number of imidazole rings is 2. The maximum Gasteiger partial charge on any atom is 0.223 e. The molecule has 1 saturated heterocycles. The number of piperidine rings is 1. The zero-order valence-electron chi connectivity index (χ0n) is 14.3. The van der Waals surface area contributed by atoms with Crippen molar-refractivity contribution in [3.05, 3.63) is 48.8 Å². The Bertz CT molecular complexity index is 806. The third kappa shape index (κ3) is 3.73. The molecule has 4 rings (SSSR count). The Kier molecular flexibility index (Phi) is 4.50. The quantitative estimate of drug-likeness (QED) is 0.778. The maximum atomic E-state index is 12.6. The number of para-hydroxylation sites is 2. The summed E-state index contributed by atoms with van der Waals surface area (Å²) in [6.07, 6.45) is 9.07. The highest BCUT2D eigenvalue weighted by molar-refractivity contribution is 5.77. The van der Waals surface area contributed by atoms with Gasteiger partial charge in [-0.1, -0.05) is 12.1 Å². The van der Waals surface area contributed by atoms with E-state index in [0.717, 1.165) is 42.9 Å². The van der Waals surface area contributed by atoms with Crippen molar-refractivity contribution < 1.29 is 4.79 Å². The van der Waals surface area contributed by atoms with Crippen LogP contribution in [0.5, 0.6) is 0 Å². The van der Waals surface area contributed by atoms with E-state index < -0.39 is 0 Å². The van der Waals surface area contributed by atoms with Gasteiger partial charge in [-0.3, -0.25) is 4.79 Å². The summed E-state index contributed by atoms with van der Waals surface area (Å²) in [5.41, 5.74) is 1.99. The largest absolute Gasteiger partial charge is 0.342 e. The number of hydrogen-bond donors (Lipinski definition) is 1. The second-order valence-electron chi connectivity index (χ2n) is 6.81. The minimum Gasteiger partial charge on any atom is -0.342 e. The molecule has 0 aliphatic carbocycles. The summed E-state index contributed by atoms with van der Waals surface area (Å²) >= 11 is 0. The van der Waals surface area contributed by atoms with Crippen molar-refractivity contribution in [2.75, 3.05) is 13.1 Å². The highest BCUT2D eigenvalue weighted by Crippen LogP contribution is 2.19. The van der Waals surface area contributed by atoms with Crippen molar-refractivity contribution in [3.8, 4) is 0 Å². The fraction of sp³-hybridized carbons (Fsp3) is 0.421. The SMILES string of the molecule is O=C(CCc1nc2ccccc2[nH]1)N1CCCC(Cn2ccnc2)C1. The lowest BCUT2D eigenvalue weighted by molar-refractivity contribution is -0.133. The van der Waals surface area contributed by atoms with Crippen molar-refractivity contribution in [3.63, 3.8) is 0 Å². The average molecular weight is 337 g/mol. The molecule has 0 spiro atoms. The molecule has 130 valence electrons. The number of aryl methyl sites for hydroxylation is 1. The number of fused-ring (bicyclic) bond motifs is 1. The van der Waals surface area contributed by atoms with Gasteiger partial charge in [-0.15, -0.1) is 0 Å². The Hall–Kier alpha value is -2.63. The van der Waals surface area contributed by atoms with Gasteiger partial charge in [0.1, 0.15) is 5.82 Å². The van der Waals surface area contributed by atoms with E-state index >= 15 is 0 Å². The summed E-state index contributed by atoms with van der Waals surface area (Å²) in [5.74, 6) is 1.63. The highest BCUT2D eigenvalue weighted by Gasteiger charge is 2.23. The fourth-order valence-corrected chi connectivity index (χ4v) is 3.64. The molecule has 0 radical (unpaired) electrons. The molecule has 1 aliphatic rings. The van der Waals surface area contributed by atoms with Crippen molar-refractivity contribution in [1.29, 1.82) is 0 Å². The molecule has 6 heteroatoms. The van der Waals surface area contributed by atoms with Gasteiger partial charge in [-0.05, 0) is 30.9 Å². The first-order chi connectivity index (χ1) is 12.3. The number of likely N-dealkylation sites (tertiary alicyclic amines) is 1. The van der Waals surface area contributed by atoms with Crippen molar-refractivity contribution >= 4 is 16.9 Å². The minimum atomic E-state index is 0.232. The number of rotatable bonds is 5. The Morgan fingerprint density at radius 3 is 3.08 bits per heavy atom. The third-order valence-corrected chi connectivity index (χ3v) is 4.91. The van der Waals surface area contributed by atoms with Gasteiger partial charge in [0, 0.05) is 44.9 Å². The Morgan fingerprint density at radius 1 is 1.32 bits per heavy atom. The number of aromatic amines is 1. The zero-order valence-corrected chi connectivity index (χ0v) is 14.3. The number of nitrogens with one attached hydrogen (secondary N) is 1. The monoisotopic (exact) mass is 337 g/mol. The molecule has 1 aliphatic heterocycles. The molecule has 2 aromatic heterocycles. The molecule has 25 heavy (non-hydrogen) atoms. The molecule has 1 amide bonds. The van der Waals surface area contributed by atoms with Crippen LogP contribution < -0.4 is 0 Å². The van der Waals surface area contributed by atoms with Crippen LogP contribution in [-0.4, -0.2) is 43.4 Å². The predicted molar refractivity (Wildman–Crippen MR) is 95.9 cm³/mol. The summed E-state index contributed by atoms with van der Waals surface area (Å²) in [4.78, 5) is 26.6. The molecular formula is C19H23N5O. The number of hydrogen-bond acceptors (Lipinski definition) is 3. The Labute approximate surface area is 146 Å². The van der Waals surface area contributed by atoms with E-state index in [9.17, 15) is 4.79 Å². The molecule has 1 aromatic carbocycles. The van der Waals surface area contributed by atoms with Crippen LogP contribution in [0.2, 0.25) is 0 Å². The minimum absolute atomic E-state index is 0.232. The summed E-state index contributed by atoms with van der Waals surface area (Å²) < 4.78 is 2.10. The molecule has 0 saturated carbocycles. The summed E-state index contributed by atoms with van der Waals surface area (Å²) in [6, 6.07) is 7.97. The number of carbonyl (C=O) groups is 1. The lowest BCUT2D eigenvalue weighted by Gasteiger charge is -2.33. The van der Waals surface area contributed by atoms with E-state index in [2.05, 4.69) is 19.5 Å². The van der Waals surface area contributed by atoms with Crippen LogP contribution in [0.3, 0.4) is 0 Å². The van der Waals surface area contributed by atoms with Crippen LogP contribution in [0, 0.1) is 5.92 Å². The second kappa shape index (κ2) is 7.09. The van der Waals surface area contributed by atoms with Gasteiger partial charge < -0.3 is 14.5 Å². The van der Waals surface area contributed by atoms with Gasteiger partial charge in [0.2, 0.25) is 5.91 Å². The van der Waals surface area contributed by atoms with E-state index in [1.807, 2.05) is 41.7 Å². The number of nitrogens with zero attached hydrogens (tertiary/aromatic N) is 4. The average Bonchev–Trinajstić information content (AvgIpc) is 3.29. The molecule has 6 nitrogen and oxygen atoms in total. The van der Waals surface area contributed by atoms with Gasteiger partial charge in [0.05, 0.1) is 17.4 Å². The van der Waals surface area contributed by atoms with Crippen LogP contribution in [0.25, 0.3) is 11.0 Å². The number of H-pyrrole nitrogens is 1. The molecule has 3 heterocycles. The first-order valence-electron chi connectivity index (χ1n) is 8.95. The summed E-state index contributed by atoms with van der Waals surface area (Å²) in [6.45, 7) is 2.66. The Balaban J connectivity index is 1.32. The van der Waals surface area contributed by atoms with Gasteiger partial charge >= 0.3 is 0 Å². The van der Waals surface area contributed by atoms with Crippen LogP contribution in [0.15, 0.2) is 43.0 Å². The van der Waals surface area contributed by atoms with E-state index in [1.165, 1.54) is 6.42 Å². The Morgan fingerprint density at radius 2 is 2.24 bits per heavy atom. The molecular weight excluding hydrogens is 314 g/mol. The zero-order chi connectivity index (χ0) is 17.1. The third-order valence-electron chi connectivity index (χ3n) is 4.91. The fourth-order valence-electron chi connectivity index (χ4n) is 3.64. The molecule has 1 fully saturated rings. The smallest absolute Gasteiger partial charge is 0.223 e. The normalized spacial score (nSPS) is 17.9. The first kappa shape index (κ1) is 15.9. The van der Waals surface area contributed by atoms with Crippen LogP contribution in [0.1, 0.15) is 25.1 Å². The topological polar surface area (TPSA) is 66.8 Å². The molecule has 0 bridgehead atoms. The van der Waals surface area contributed by atoms with Crippen LogP contribution in [-0.2, 0) is 17.8 Å². The lowest BCUT2D eigenvalue weighted by atomic mass is 9.97. The predicted octanol–water partition coefficient (Wildman–Crippen LogP) is 2.63. The molecule has 1 N–H and O–H groups in total. The maximum absolute atomic E-state index is 12.6. The van der Waals surface area contributed by atoms with Gasteiger partial charge in [0.25, 0.3) is 0 Å². The second-order valence-corrected chi connectivity index (χ2v) is 6.81. The summed E-state index contributed by atoms with van der Waals surface area (Å²) in [7, 11) is 0. The molecule has 1 unspecified atom stereocenters. The van der Waals surface area contributed by atoms with E-state index in [4.69, 9.17) is 0 Å². The number of amides is 1. The van der Waals surface area contributed by atoms with E-state index in [1.54, 1.807) is 6.20 Å². The highest BCUT2D eigenvalue weighted by atomic mass is 16.2. The van der Waals surface area contributed by atoms with Crippen molar-refractivity contribution in [2.45, 2.75) is 32.2 Å². The number of aromatic nitrogens is 4. The lowest BCUT2D eigenvalue weighted by Crippen LogP contribution is -2.41. The van der Waals surface area contributed by atoms with Crippen LogP contribution >= 0.6 is 0 Å².